The SMILES string of the molecule is c1ccc(-c2ccc3[nH]c4c(-c5cccc(-c6c7ccccc7cc7ccccc67)c5)cc(-c5ccccc5)cc4c3c2)cc1. The van der Waals surface area contributed by atoms with E-state index in [0.717, 1.165) is 11.0 Å². The topological polar surface area (TPSA) is 15.8 Å². The molecule has 1 nitrogen and oxygen atoms in total. The van der Waals surface area contributed by atoms with Crippen molar-refractivity contribution in [3.63, 3.8) is 0 Å². The van der Waals surface area contributed by atoms with Crippen molar-refractivity contribution < 1.29 is 0 Å². The molecule has 210 valence electrons. The highest BCUT2D eigenvalue weighted by Gasteiger charge is 2.16. The third kappa shape index (κ3) is 4.32. The van der Waals surface area contributed by atoms with E-state index in [1.165, 1.54) is 76.8 Å². The molecule has 0 aliphatic carbocycles. The van der Waals surface area contributed by atoms with Gasteiger partial charge in [0.2, 0.25) is 0 Å². The van der Waals surface area contributed by atoms with Crippen LogP contribution in [0.1, 0.15) is 0 Å². The van der Waals surface area contributed by atoms with Crippen LogP contribution in [0.25, 0.3) is 87.9 Å². The Bertz CT molecular complexity index is 2470. The van der Waals surface area contributed by atoms with Gasteiger partial charge in [-0.25, -0.2) is 0 Å². The van der Waals surface area contributed by atoms with Gasteiger partial charge in [0.15, 0.2) is 0 Å². The van der Waals surface area contributed by atoms with Gasteiger partial charge in [-0.3, -0.25) is 0 Å². The summed E-state index contributed by atoms with van der Waals surface area (Å²) in [5.41, 5.74) is 12.1. The summed E-state index contributed by atoms with van der Waals surface area (Å²) in [6.45, 7) is 0. The summed E-state index contributed by atoms with van der Waals surface area (Å²) in [7, 11) is 0. The van der Waals surface area contributed by atoms with Crippen molar-refractivity contribution in [2.45, 2.75) is 0 Å². The van der Waals surface area contributed by atoms with Crippen molar-refractivity contribution >= 4 is 43.4 Å². The number of benzene rings is 8. The molecule has 0 spiro atoms. The summed E-state index contributed by atoms with van der Waals surface area (Å²) in [4.78, 5) is 3.82. The predicted octanol–water partition coefficient (Wildman–Crippen LogP) is 12.3. The number of H-pyrrole nitrogens is 1. The van der Waals surface area contributed by atoms with Crippen LogP contribution in [0.5, 0.6) is 0 Å². The third-order valence-corrected chi connectivity index (χ3v) is 9.16. The summed E-state index contributed by atoms with van der Waals surface area (Å²) in [6, 6.07) is 61.7. The lowest BCUT2D eigenvalue weighted by Crippen LogP contribution is -1.88. The third-order valence-electron chi connectivity index (χ3n) is 9.16. The lowest BCUT2D eigenvalue weighted by molar-refractivity contribution is 1.53. The van der Waals surface area contributed by atoms with E-state index in [1.54, 1.807) is 0 Å². The summed E-state index contributed by atoms with van der Waals surface area (Å²) >= 11 is 0. The van der Waals surface area contributed by atoms with E-state index in [0.29, 0.717) is 0 Å². The fraction of sp³-hybridized carbons (Fsp3) is 0. The molecule has 0 atom stereocenters. The Labute approximate surface area is 262 Å². The number of aromatic amines is 1. The van der Waals surface area contributed by atoms with Gasteiger partial charge < -0.3 is 4.98 Å². The van der Waals surface area contributed by atoms with Crippen LogP contribution in [0.2, 0.25) is 0 Å². The number of aromatic nitrogens is 1. The lowest BCUT2D eigenvalue weighted by atomic mass is 9.89. The molecule has 0 aliphatic heterocycles. The van der Waals surface area contributed by atoms with Gasteiger partial charge in [0.1, 0.15) is 0 Å². The molecular formula is C44H29N. The predicted molar refractivity (Wildman–Crippen MR) is 193 cm³/mol. The smallest absolute Gasteiger partial charge is 0.0544 e. The molecule has 0 amide bonds. The quantitative estimate of drug-likeness (QED) is 0.202. The Balaban J connectivity index is 1.31. The zero-order valence-corrected chi connectivity index (χ0v) is 24.7. The van der Waals surface area contributed by atoms with E-state index in [4.69, 9.17) is 0 Å². The highest BCUT2D eigenvalue weighted by Crippen LogP contribution is 2.42. The van der Waals surface area contributed by atoms with E-state index < -0.39 is 0 Å². The Kier molecular flexibility index (Phi) is 5.89. The summed E-state index contributed by atoms with van der Waals surface area (Å²) in [5.74, 6) is 0. The average molecular weight is 572 g/mol. The minimum atomic E-state index is 1.15. The minimum absolute atomic E-state index is 1.15. The van der Waals surface area contributed by atoms with Gasteiger partial charge in [0, 0.05) is 21.9 Å². The number of hydrogen-bond acceptors (Lipinski definition) is 0. The van der Waals surface area contributed by atoms with E-state index in [9.17, 15) is 0 Å². The van der Waals surface area contributed by atoms with E-state index in [2.05, 4.69) is 175 Å². The highest BCUT2D eigenvalue weighted by atomic mass is 14.7. The number of nitrogens with one attached hydrogen (secondary N) is 1. The Hall–Kier alpha value is -5.92. The molecule has 1 heterocycles. The molecule has 45 heavy (non-hydrogen) atoms. The first kappa shape index (κ1) is 25.6. The molecule has 9 rings (SSSR count). The van der Waals surface area contributed by atoms with Crippen LogP contribution in [-0.2, 0) is 0 Å². The number of hydrogen-bond donors (Lipinski definition) is 1. The minimum Gasteiger partial charge on any atom is -0.354 e. The van der Waals surface area contributed by atoms with Crippen molar-refractivity contribution in [2.75, 3.05) is 0 Å². The first-order valence-electron chi connectivity index (χ1n) is 15.5. The molecule has 0 fully saturated rings. The van der Waals surface area contributed by atoms with Gasteiger partial charge >= 0.3 is 0 Å². The van der Waals surface area contributed by atoms with Crippen LogP contribution < -0.4 is 0 Å². The molecule has 9 aromatic rings. The molecular weight excluding hydrogens is 542 g/mol. The van der Waals surface area contributed by atoms with Crippen molar-refractivity contribution in [1.29, 1.82) is 0 Å². The summed E-state index contributed by atoms with van der Waals surface area (Å²) in [5, 5.41) is 7.54. The fourth-order valence-electron chi connectivity index (χ4n) is 7.00. The molecule has 0 bridgehead atoms. The van der Waals surface area contributed by atoms with E-state index in [-0.39, 0.29) is 0 Å². The second kappa shape index (κ2) is 10.4. The molecule has 1 heteroatoms. The Morgan fingerprint density at radius 3 is 1.60 bits per heavy atom. The van der Waals surface area contributed by atoms with Crippen LogP contribution in [0.3, 0.4) is 0 Å². The van der Waals surface area contributed by atoms with Crippen LogP contribution in [0.4, 0.5) is 0 Å². The molecule has 0 saturated heterocycles. The van der Waals surface area contributed by atoms with E-state index >= 15 is 0 Å². The van der Waals surface area contributed by atoms with Gasteiger partial charge in [-0.1, -0.05) is 133 Å². The zero-order valence-electron chi connectivity index (χ0n) is 24.7. The molecule has 1 aromatic heterocycles. The number of fused-ring (bicyclic) bond motifs is 5. The first-order valence-corrected chi connectivity index (χ1v) is 15.5. The van der Waals surface area contributed by atoms with Crippen LogP contribution in [0.15, 0.2) is 170 Å². The van der Waals surface area contributed by atoms with Crippen LogP contribution in [0, 0.1) is 0 Å². The van der Waals surface area contributed by atoms with Gasteiger partial charge in [-0.05, 0) is 96.9 Å². The van der Waals surface area contributed by atoms with Gasteiger partial charge in [0.25, 0.3) is 0 Å². The van der Waals surface area contributed by atoms with E-state index in [1.807, 2.05) is 0 Å². The molecule has 0 aliphatic rings. The number of rotatable bonds is 4. The van der Waals surface area contributed by atoms with Crippen molar-refractivity contribution in [3.8, 4) is 44.5 Å². The lowest BCUT2D eigenvalue weighted by Gasteiger charge is -2.14. The second-order valence-electron chi connectivity index (χ2n) is 11.8. The normalized spacial score (nSPS) is 11.6. The molecule has 0 unspecified atom stereocenters. The van der Waals surface area contributed by atoms with Gasteiger partial charge in [0.05, 0.1) is 5.52 Å². The van der Waals surface area contributed by atoms with Crippen molar-refractivity contribution in [2.24, 2.45) is 0 Å². The summed E-state index contributed by atoms with van der Waals surface area (Å²) in [6.07, 6.45) is 0. The average Bonchev–Trinajstić information content (AvgIpc) is 3.49. The highest BCUT2D eigenvalue weighted by molar-refractivity contribution is 6.16. The molecule has 0 saturated carbocycles. The Morgan fingerprint density at radius 1 is 0.311 bits per heavy atom. The fourth-order valence-corrected chi connectivity index (χ4v) is 7.00. The summed E-state index contributed by atoms with van der Waals surface area (Å²) < 4.78 is 0. The van der Waals surface area contributed by atoms with Gasteiger partial charge in [-0.15, -0.1) is 0 Å². The second-order valence-corrected chi connectivity index (χ2v) is 11.8. The first-order chi connectivity index (χ1) is 22.3. The maximum Gasteiger partial charge on any atom is 0.0544 e. The molecule has 8 aromatic carbocycles. The maximum absolute atomic E-state index is 3.82. The maximum atomic E-state index is 3.82. The molecule has 1 N–H and O–H groups in total. The van der Waals surface area contributed by atoms with Crippen LogP contribution in [-0.4, -0.2) is 4.98 Å². The zero-order chi connectivity index (χ0) is 29.7. The van der Waals surface area contributed by atoms with Gasteiger partial charge in [-0.2, -0.15) is 0 Å². The monoisotopic (exact) mass is 571 g/mol. The van der Waals surface area contributed by atoms with Crippen LogP contribution >= 0.6 is 0 Å². The largest absolute Gasteiger partial charge is 0.354 e. The van der Waals surface area contributed by atoms with Crippen molar-refractivity contribution in [3.05, 3.63) is 170 Å². The standard InChI is InChI=1S/C44H29N/c1-3-12-29(13-4-1)31-22-23-42-40(26-31)41-28-36(30-14-5-2-6-15-30)27-39(44(41)45-42)34-18-11-19-35(25-34)43-37-20-9-7-16-32(37)24-33-17-8-10-21-38(33)43/h1-28,45H. The molecule has 0 radical (unpaired) electrons. The Morgan fingerprint density at radius 2 is 0.889 bits per heavy atom. The van der Waals surface area contributed by atoms with Crippen molar-refractivity contribution in [1.82, 2.24) is 4.98 Å².